The van der Waals surface area contributed by atoms with Crippen LogP contribution in [0.25, 0.3) is 0 Å². The molecule has 1 aliphatic rings. The molecule has 1 heterocycles. The van der Waals surface area contributed by atoms with Crippen molar-refractivity contribution in [3.8, 4) is 5.75 Å². The minimum absolute atomic E-state index is 0.140. The number of carbonyl (C=O) groups excluding carboxylic acids is 2. The van der Waals surface area contributed by atoms with E-state index in [0.717, 1.165) is 11.3 Å². The minimum atomic E-state index is -0.529. The van der Waals surface area contributed by atoms with Gasteiger partial charge >= 0.3 is 0 Å². The molecular formula is C18H17ClN2O3. The largest absolute Gasteiger partial charge is 0.497 e. The third-order valence-corrected chi connectivity index (χ3v) is 4.16. The molecule has 2 amide bonds. The van der Waals surface area contributed by atoms with Crippen LogP contribution in [0.3, 0.4) is 0 Å². The average Bonchev–Trinajstić information content (AvgIpc) is 2.87. The van der Waals surface area contributed by atoms with Gasteiger partial charge in [-0.3, -0.25) is 9.59 Å². The average molecular weight is 345 g/mol. The van der Waals surface area contributed by atoms with Gasteiger partial charge < -0.3 is 10.1 Å². The van der Waals surface area contributed by atoms with E-state index in [-0.39, 0.29) is 18.2 Å². The normalized spacial score (nSPS) is 17.4. The predicted molar refractivity (Wildman–Crippen MR) is 92.2 cm³/mol. The van der Waals surface area contributed by atoms with E-state index in [1.165, 1.54) is 4.90 Å². The molecule has 1 unspecified atom stereocenters. The molecule has 5 nitrogen and oxygen atoms in total. The molecule has 0 radical (unpaired) electrons. The van der Waals surface area contributed by atoms with Crippen LogP contribution in [0.2, 0.25) is 5.02 Å². The van der Waals surface area contributed by atoms with Gasteiger partial charge in [0, 0.05) is 11.6 Å². The molecule has 2 aromatic carbocycles. The maximum Gasteiger partial charge on any atom is 0.251 e. The Morgan fingerprint density at radius 1 is 1.21 bits per heavy atom. The SMILES string of the molecule is COc1ccc(CNC2CC(=O)N(c3cccc(Cl)c3)C2=O)cc1. The van der Waals surface area contributed by atoms with Gasteiger partial charge in [-0.2, -0.15) is 0 Å². The summed E-state index contributed by atoms with van der Waals surface area (Å²) in [5.74, 6) is 0.295. The van der Waals surface area contributed by atoms with E-state index in [2.05, 4.69) is 5.32 Å². The highest BCUT2D eigenvalue weighted by atomic mass is 35.5. The van der Waals surface area contributed by atoms with Gasteiger partial charge in [-0.15, -0.1) is 0 Å². The van der Waals surface area contributed by atoms with Crippen molar-refractivity contribution >= 4 is 29.1 Å². The Bertz CT molecular complexity index is 761. The third kappa shape index (κ3) is 3.42. The lowest BCUT2D eigenvalue weighted by molar-refractivity contribution is -0.121. The van der Waals surface area contributed by atoms with Crippen molar-refractivity contribution in [2.24, 2.45) is 0 Å². The third-order valence-electron chi connectivity index (χ3n) is 3.92. The number of benzene rings is 2. The van der Waals surface area contributed by atoms with Crippen molar-refractivity contribution in [3.63, 3.8) is 0 Å². The Morgan fingerprint density at radius 3 is 2.62 bits per heavy atom. The summed E-state index contributed by atoms with van der Waals surface area (Å²) in [4.78, 5) is 25.9. The Kier molecular flexibility index (Phi) is 4.83. The van der Waals surface area contributed by atoms with E-state index in [1.807, 2.05) is 24.3 Å². The maximum absolute atomic E-state index is 12.5. The van der Waals surface area contributed by atoms with Gasteiger partial charge in [-0.05, 0) is 35.9 Å². The summed E-state index contributed by atoms with van der Waals surface area (Å²) in [7, 11) is 1.61. The highest BCUT2D eigenvalue weighted by molar-refractivity contribution is 6.31. The first-order valence-electron chi connectivity index (χ1n) is 7.57. The number of amides is 2. The van der Waals surface area contributed by atoms with Gasteiger partial charge in [0.1, 0.15) is 5.75 Å². The quantitative estimate of drug-likeness (QED) is 0.847. The molecule has 124 valence electrons. The van der Waals surface area contributed by atoms with Crippen LogP contribution in [-0.2, 0) is 16.1 Å². The number of nitrogens with zero attached hydrogens (tertiary/aromatic N) is 1. The highest BCUT2D eigenvalue weighted by Crippen LogP contribution is 2.25. The monoisotopic (exact) mass is 344 g/mol. The zero-order chi connectivity index (χ0) is 17.1. The first-order chi connectivity index (χ1) is 11.6. The fraction of sp³-hybridized carbons (Fsp3) is 0.222. The molecule has 0 aliphatic carbocycles. The first-order valence-corrected chi connectivity index (χ1v) is 7.95. The molecule has 0 bridgehead atoms. The molecule has 0 saturated carbocycles. The van der Waals surface area contributed by atoms with E-state index in [0.29, 0.717) is 17.3 Å². The van der Waals surface area contributed by atoms with Crippen LogP contribution in [0.15, 0.2) is 48.5 Å². The fourth-order valence-electron chi connectivity index (χ4n) is 2.66. The lowest BCUT2D eigenvalue weighted by atomic mass is 10.2. The number of imide groups is 1. The van der Waals surface area contributed by atoms with Gasteiger partial charge in [-0.25, -0.2) is 4.90 Å². The topological polar surface area (TPSA) is 58.6 Å². The number of hydrogen-bond acceptors (Lipinski definition) is 4. The summed E-state index contributed by atoms with van der Waals surface area (Å²) in [6, 6.07) is 13.8. The zero-order valence-electron chi connectivity index (χ0n) is 13.2. The summed E-state index contributed by atoms with van der Waals surface area (Å²) < 4.78 is 5.11. The van der Waals surface area contributed by atoms with E-state index in [9.17, 15) is 9.59 Å². The number of carbonyl (C=O) groups is 2. The van der Waals surface area contributed by atoms with Crippen LogP contribution >= 0.6 is 11.6 Å². The second-order valence-corrected chi connectivity index (χ2v) is 5.97. The maximum atomic E-state index is 12.5. The predicted octanol–water partition coefficient (Wildman–Crippen LogP) is 2.77. The molecule has 1 atom stereocenters. The smallest absolute Gasteiger partial charge is 0.251 e. The van der Waals surface area contributed by atoms with Gasteiger partial charge in [0.25, 0.3) is 5.91 Å². The van der Waals surface area contributed by atoms with Crippen molar-refractivity contribution in [1.82, 2.24) is 5.32 Å². The first kappa shape index (κ1) is 16.5. The van der Waals surface area contributed by atoms with E-state index < -0.39 is 6.04 Å². The fourth-order valence-corrected chi connectivity index (χ4v) is 2.85. The van der Waals surface area contributed by atoms with Crippen molar-refractivity contribution in [3.05, 3.63) is 59.1 Å². The lowest BCUT2D eigenvalue weighted by Gasteiger charge is -2.16. The van der Waals surface area contributed by atoms with Crippen LogP contribution in [0, 0.1) is 0 Å². The van der Waals surface area contributed by atoms with Crippen LogP contribution < -0.4 is 15.0 Å². The second kappa shape index (κ2) is 7.03. The Morgan fingerprint density at radius 2 is 1.96 bits per heavy atom. The van der Waals surface area contributed by atoms with Crippen LogP contribution in [-0.4, -0.2) is 25.0 Å². The van der Waals surface area contributed by atoms with Gasteiger partial charge in [0.2, 0.25) is 5.91 Å². The van der Waals surface area contributed by atoms with E-state index in [1.54, 1.807) is 31.4 Å². The summed E-state index contributed by atoms with van der Waals surface area (Å²) in [6.07, 6.45) is 0.140. The van der Waals surface area contributed by atoms with Crippen molar-refractivity contribution in [1.29, 1.82) is 0 Å². The summed E-state index contributed by atoms with van der Waals surface area (Å²) in [5.41, 5.74) is 1.52. The van der Waals surface area contributed by atoms with Crippen LogP contribution in [0.4, 0.5) is 5.69 Å². The Hall–Kier alpha value is -2.37. The molecule has 24 heavy (non-hydrogen) atoms. The zero-order valence-corrected chi connectivity index (χ0v) is 13.9. The number of rotatable bonds is 5. The number of nitrogens with one attached hydrogen (secondary N) is 1. The molecule has 6 heteroatoms. The van der Waals surface area contributed by atoms with E-state index >= 15 is 0 Å². The van der Waals surface area contributed by atoms with Crippen LogP contribution in [0.1, 0.15) is 12.0 Å². The van der Waals surface area contributed by atoms with Crippen LogP contribution in [0.5, 0.6) is 5.75 Å². The van der Waals surface area contributed by atoms with Gasteiger partial charge in [0.15, 0.2) is 0 Å². The minimum Gasteiger partial charge on any atom is -0.497 e. The number of halogens is 1. The van der Waals surface area contributed by atoms with Crippen molar-refractivity contribution < 1.29 is 14.3 Å². The molecule has 1 aliphatic heterocycles. The standard InChI is InChI=1S/C18H17ClN2O3/c1-24-15-7-5-12(6-8-15)11-20-16-10-17(22)21(18(16)23)14-4-2-3-13(19)9-14/h2-9,16,20H,10-11H2,1H3. The summed E-state index contributed by atoms with van der Waals surface area (Å²) in [6.45, 7) is 0.497. The highest BCUT2D eigenvalue weighted by Gasteiger charge is 2.39. The molecule has 2 aromatic rings. The molecule has 1 fully saturated rings. The summed E-state index contributed by atoms with van der Waals surface area (Å²) in [5, 5.41) is 3.63. The van der Waals surface area contributed by atoms with Gasteiger partial charge in [0.05, 0.1) is 25.3 Å². The molecular weight excluding hydrogens is 328 g/mol. The number of hydrogen-bond donors (Lipinski definition) is 1. The number of ether oxygens (including phenoxy) is 1. The van der Waals surface area contributed by atoms with E-state index in [4.69, 9.17) is 16.3 Å². The molecule has 1 saturated heterocycles. The molecule has 0 spiro atoms. The summed E-state index contributed by atoms with van der Waals surface area (Å²) >= 11 is 5.95. The molecule has 0 aromatic heterocycles. The Labute approximate surface area is 145 Å². The van der Waals surface area contributed by atoms with Gasteiger partial charge in [-0.1, -0.05) is 29.8 Å². The second-order valence-electron chi connectivity index (χ2n) is 5.53. The molecule has 1 N–H and O–H groups in total. The van der Waals surface area contributed by atoms with Crippen molar-refractivity contribution in [2.45, 2.75) is 19.0 Å². The number of methoxy groups -OCH3 is 1. The number of anilines is 1. The van der Waals surface area contributed by atoms with Crippen molar-refractivity contribution in [2.75, 3.05) is 12.0 Å². The molecule has 3 rings (SSSR count). The lowest BCUT2D eigenvalue weighted by Crippen LogP contribution is -2.38. The Balaban J connectivity index is 1.67.